The minimum Gasteiger partial charge on any atom is -0.465 e. The Bertz CT molecular complexity index is 491. The number of nitrogens with zero attached hydrogens (tertiary/aromatic N) is 1. The van der Waals surface area contributed by atoms with Crippen LogP contribution in [0.25, 0.3) is 0 Å². The highest BCUT2D eigenvalue weighted by atomic mass is 79.9. The molecule has 0 aliphatic carbocycles. The molecule has 0 bridgehead atoms. The zero-order valence-electron chi connectivity index (χ0n) is 11.5. The first kappa shape index (κ1) is 15.2. The van der Waals surface area contributed by atoms with E-state index in [2.05, 4.69) is 20.8 Å². The van der Waals surface area contributed by atoms with E-state index >= 15 is 0 Å². The highest BCUT2D eigenvalue weighted by Gasteiger charge is 2.47. The summed E-state index contributed by atoms with van der Waals surface area (Å²) in [5.41, 5.74) is 1.17. The molecule has 2 rings (SSSR count). The van der Waals surface area contributed by atoms with E-state index in [0.29, 0.717) is 13.0 Å². The van der Waals surface area contributed by atoms with Gasteiger partial charge in [-0.05, 0) is 18.9 Å². The van der Waals surface area contributed by atoms with Crippen LogP contribution in [0.3, 0.4) is 0 Å². The van der Waals surface area contributed by atoms with Crippen LogP contribution in [-0.2, 0) is 20.9 Å². The van der Waals surface area contributed by atoms with Crippen LogP contribution in [0.4, 0.5) is 0 Å². The minimum absolute atomic E-state index is 0.127. The van der Waals surface area contributed by atoms with Crippen LogP contribution in [-0.4, -0.2) is 40.7 Å². The lowest BCUT2D eigenvalue weighted by atomic mass is 9.95. The van der Waals surface area contributed by atoms with Crippen LogP contribution in [0.1, 0.15) is 18.9 Å². The Hall–Kier alpha value is -1.20. The summed E-state index contributed by atoms with van der Waals surface area (Å²) in [5.74, 6) is -0.595. The maximum absolute atomic E-state index is 12.2. The van der Waals surface area contributed by atoms with Gasteiger partial charge in [-0.25, -0.2) is 0 Å². The Morgan fingerprint density at radius 3 is 2.70 bits per heavy atom. The van der Waals surface area contributed by atoms with Gasteiger partial charge in [0, 0.05) is 13.1 Å². The van der Waals surface area contributed by atoms with Crippen LogP contribution in [0, 0.1) is 0 Å². The third kappa shape index (κ3) is 3.27. The van der Waals surface area contributed by atoms with Crippen LogP contribution >= 0.6 is 15.9 Å². The number of carbonyl (C=O) groups is 2. The topological polar surface area (TPSA) is 46.6 Å². The second-order valence-corrected chi connectivity index (χ2v) is 6.24. The number of carbonyl (C=O) groups excluding carboxylic acids is 2. The molecule has 1 saturated heterocycles. The molecular formula is C15H18BrNO3. The first-order valence-corrected chi connectivity index (χ1v) is 7.51. The fourth-order valence-electron chi connectivity index (χ4n) is 2.30. The van der Waals surface area contributed by atoms with E-state index in [4.69, 9.17) is 4.74 Å². The summed E-state index contributed by atoms with van der Waals surface area (Å²) in [6.45, 7) is 3.69. The summed E-state index contributed by atoms with van der Waals surface area (Å²) in [4.78, 5) is 26.2. The number of piperidine rings is 1. The number of hydrogen-bond donors (Lipinski definition) is 0. The lowest BCUT2D eigenvalue weighted by Gasteiger charge is -2.34. The summed E-state index contributed by atoms with van der Waals surface area (Å²) in [6, 6.07) is 10.00. The molecule has 1 aromatic carbocycles. The van der Waals surface area contributed by atoms with Crippen molar-refractivity contribution in [3.8, 4) is 0 Å². The van der Waals surface area contributed by atoms with E-state index < -0.39 is 10.3 Å². The zero-order chi connectivity index (χ0) is 14.6. The Kier molecular flexibility index (Phi) is 4.94. The van der Waals surface area contributed by atoms with Gasteiger partial charge in [0.05, 0.1) is 13.2 Å². The van der Waals surface area contributed by atoms with Gasteiger partial charge in [0.15, 0.2) is 10.1 Å². The van der Waals surface area contributed by atoms with Crippen molar-refractivity contribution in [1.82, 2.24) is 4.90 Å². The van der Waals surface area contributed by atoms with Gasteiger partial charge in [0.1, 0.15) is 0 Å². The first-order chi connectivity index (χ1) is 9.56. The number of alkyl halides is 1. The molecular weight excluding hydrogens is 322 g/mol. The quantitative estimate of drug-likeness (QED) is 0.479. The molecule has 1 heterocycles. The molecule has 4 nitrogen and oxygen atoms in total. The summed E-state index contributed by atoms with van der Waals surface area (Å²) < 4.78 is 3.83. The normalized spacial score (nSPS) is 23.6. The maximum Gasteiger partial charge on any atom is 0.330 e. The van der Waals surface area contributed by atoms with Gasteiger partial charge >= 0.3 is 5.97 Å². The molecule has 0 N–H and O–H groups in total. The van der Waals surface area contributed by atoms with E-state index in [1.165, 1.54) is 5.56 Å². The third-order valence-electron chi connectivity index (χ3n) is 3.43. The lowest BCUT2D eigenvalue weighted by Crippen LogP contribution is -2.53. The van der Waals surface area contributed by atoms with Gasteiger partial charge in [-0.3, -0.25) is 14.5 Å². The van der Waals surface area contributed by atoms with Gasteiger partial charge in [-0.1, -0.05) is 46.3 Å². The van der Waals surface area contributed by atoms with Crippen molar-refractivity contribution in [2.45, 2.75) is 24.2 Å². The van der Waals surface area contributed by atoms with Gasteiger partial charge in [-0.15, -0.1) is 0 Å². The lowest BCUT2D eigenvalue weighted by molar-refractivity contribution is -0.150. The van der Waals surface area contributed by atoms with Crippen molar-refractivity contribution in [3.05, 3.63) is 35.9 Å². The third-order valence-corrected chi connectivity index (χ3v) is 4.59. The fourth-order valence-corrected chi connectivity index (χ4v) is 2.71. The molecule has 1 unspecified atom stereocenters. The number of ether oxygens (including phenoxy) is 1. The molecule has 0 aromatic heterocycles. The van der Waals surface area contributed by atoms with Crippen molar-refractivity contribution >= 4 is 27.7 Å². The highest BCUT2D eigenvalue weighted by molar-refractivity contribution is 9.10. The molecule has 0 radical (unpaired) electrons. The number of likely N-dealkylation sites (tertiary alicyclic amines) is 1. The maximum atomic E-state index is 12.2. The molecule has 0 saturated carbocycles. The molecule has 5 heteroatoms. The number of halogens is 1. The average molecular weight is 340 g/mol. The van der Waals surface area contributed by atoms with Crippen molar-refractivity contribution in [1.29, 1.82) is 0 Å². The van der Waals surface area contributed by atoms with Crippen molar-refractivity contribution in [2.75, 3.05) is 19.7 Å². The van der Waals surface area contributed by atoms with E-state index in [-0.39, 0.29) is 18.9 Å². The predicted molar refractivity (Wildman–Crippen MR) is 79.6 cm³/mol. The van der Waals surface area contributed by atoms with Gasteiger partial charge in [0.2, 0.25) is 0 Å². The van der Waals surface area contributed by atoms with Crippen molar-refractivity contribution in [2.24, 2.45) is 0 Å². The number of rotatable bonds is 4. The largest absolute Gasteiger partial charge is 0.465 e. The number of esters is 1. The van der Waals surface area contributed by atoms with Crippen molar-refractivity contribution < 1.29 is 14.3 Å². The van der Waals surface area contributed by atoms with Gasteiger partial charge in [0.25, 0.3) is 0 Å². The smallest absolute Gasteiger partial charge is 0.330 e. The van der Waals surface area contributed by atoms with Gasteiger partial charge in [-0.2, -0.15) is 0 Å². The zero-order valence-corrected chi connectivity index (χ0v) is 13.1. The summed E-state index contributed by atoms with van der Waals surface area (Å²) >= 11 is 3.29. The molecule has 1 aliphatic rings. The van der Waals surface area contributed by atoms with E-state index in [0.717, 1.165) is 6.54 Å². The average Bonchev–Trinajstić information content (AvgIpc) is 2.44. The SMILES string of the molecule is CCOC(=O)C1(Br)CCN(Cc2ccccc2)CC1=O. The van der Waals surface area contributed by atoms with Crippen LogP contribution in [0.5, 0.6) is 0 Å². The molecule has 1 fully saturated rings. The molecule has 1 atom stereocenters. The van der Waals surface area contributed by atoms with E-state index in [1.54, 1.807) is 6.92 Å². The first-order valence-electron chi connectivity index (χ1n) is 6.72. The van der Waals surface area contributed by atoms with Crippen LogP contribution in [0.15, 0.2) is 30.3 Å². The standard InChI is InChI=1S/C15H18BrNO3/c1-2-20-14(19)15(16)8-9-17(11-13(15)18)10-12-6-4-3-5-7-12/h3-7H,2,8-11H2,1H3. The molecule has 20 heavy (non-hydrogen) atoms. The Morgan fingerprint density at radius 2 is 2.10 bits per heavy atom. The molecule has 0 amide bonds. The monoisotopic (exact) mass is 339 g/mol. The Balaban J connectivity index is 1.99. The molecule has 1 aliphatic heterocycles. The van der Waals surface area contributed by atoms with E-state index in [1.807, 2.05) is 30.3 Å². The van der Waals surface area contributed by atoms with Crippen LogP contribution < -0.4 is 0 Å². The number of benzene rings is 1. The van der Waals surface area contributed by atoms with Crippen molar-refractivity contribution in [3.63, 3.8) is 0 Å². The number of hydrogen-bond acceptors (Lipinski definition) is 4. The predicted octanol–water partition coefficient (Wildman–Crippen LogP) is 2.16. The minimum atomic E-state index is -1.16. The Morgan fingerprint density at radius 1 is 1.40 bits per heavy atom. The molecule has 1 aromatic rings. The highest BCUT2D eigenvalue weighted by Crippen LogP contribution is 2.30. The summed E-state index contributed by atoms with van der Waals surface area (Å²) in [6.07, 6.45) is 0.442. The summed E-state index contributed by atoms with van der Waals surface area (Å²) in [5, 5.41) is 0. The van der Waals surface area contributed by atoms with E-state index in [9.17, 15) is 9.59 Å². The number of Topliss-reactive ketones (excluding diaryl/α,β-unsaturated/α-hetero) is 1. The van der Waals surface area contributed by atoms with Crippen LogP contribution in [0.2, 0.25) is 0 Å². The molecule has 108 valence electrons. The van der Waals surface area contributed by atoms with Gasteiger partial charge < -0.3 is 4.74 Å². The second-order valence-electron chi connectivity index (χ2n) is 4.89. The second kappa shape index (κ2) is 6.50. The Labute approximate surface area is 127 Å². The fraction of sp³-hybridized carbons (Fsp3) is 0.467. The summed E-state index contributed by atoms with van der Waals surface area (Å²) in [7, 11) is 0. The molecule has 0 spiro atoms. The number of ketones is 1.